The summed E-state index contributed by atoms with van der Waals surface area (Å²) in [5.41, 5.74) is 1.72. The number of aromatic nitrogens is 4. The molecule has 0 aliphatic heterocycles. The Morgan fingerprint density at radius 2 is 1.95 bits per heavy atom. The third-order valence-corrected chi connectivity index (χ3v) is 4.13. The van der Waals surface area contributed by atoms with Gasteiger partial charge in [-0.25, -0.2) is 4.39 Å². The van der Waals surface area contributed by atoms with Crippen molar-refractivity contribution in [2.24, 2.45) is 0 Å². The van der Waals surface area contributed by atoms with Gasteiger partial charge in [0.2, 0.25) is 5.16 Å². The highest BCUT2D eigenvalue weighted by molar-refractivity contribution is 7.98. The van der Waals surface area contributed by atoms with E-state index in [0.717, 1.165) is 11.3 Å². The molecule has 0 atom stereocenters. The molecule has 0 aliphatic rings. The third-order valence-electron chi connectivity index (χ3n) is 2.81. The predicted molar refractivity (Wildman–Crippen MR) is 80.1 cm³/mol. The molecule has 0 amide bonds. The van der Waals surface area contributed by atoms with Crippen LogP contribution in [0.15, 0.2) is 53.7 Å². The first-order valence-electron chi connectivity index (χ1n) is 6.14. The molecule has 0 saturated heterocycles. The van der Waals surface area contributed by atoms with Crippen molar-refractivity contribution in [1.29, 1.82) is 0 Å². The van der Waals surface area contributed by atoms with Gasteiger partial charge < -0.3 is 0 Å². The number of hydrogen-bond donors (Lipinski definition) is 0. The van der Waals surface area contributed by atoms with Crippen molar-refractivity contribution in [2.45, 2.75) is 10.9 Å². The predicted octanol–water partition coefficient (Wildman–Crippen LogP) is 3.75. The number of halogens is 2. The smallest absolute Gasteiger partial charge is 0.207 e. The Hall–Kier alpha value is -1.92. The molecule has 1 aromatic heterocycles. The molecule has 7 heteroatoms. The van der Waals surface area contributed by atoms with Gasteiger partial charge in [0, 0.05) is 10.8 Å². The van der Waals surface area contributed by atoms with E-state index in [9.17, 15) is 4.39 Å². The van der Waals surface area contributed by atoms with Crippen LogP contribution in [-0.2, 0) is 5.75 Å². The number of nitrogens with zero attached hydrogens (tertiary/aromatic N) is 4. The lowest BCUT2D eigenvalue weighted by Crippen LogP contribution is -1.98. The Morgan fingerprint density at radius 3 is 2.71 bits per heavy atom. The van der Waals surface area contributed by atoms with Crippen LogP contribution in [0.25, 0.3) is 5.69 Å². The number of hydrogen-bond acceptors (Lipinski definition) is 4. The monoisotopic (exact) mass is 320 g/mol. The molecule has 0 aliphatic carbocycles. The van der Waals surface area contributed by atoms with E-state index in [1.165, 1.54) is 23.9 Å². The minimum atomic E-state index is -0.345. The summed E-state index contributed by atoms with van der Waals surface area (Å²) in [6.07, 6.45) is 0. The fourth-order valence-corrected chi connectivity index (χ4v) is 2.99. The van der Waals surface area contributed by atoms with Crippen LogP contribution in [0.3, 0.4) is 0 Å². The van der Waals surface area contributed by atoms with Crippen molar-refractivity contribution >= 4 is 23.4 Å². The SMILES string of the molecule is Fc1ccc(CSc2nnnn2-c2ccccc2)c(Cl)c1. The van der Waals surface area contributed by atoms with E-state index in [4.69, 9.17) is 11.6 Å². The van der Waals surface area contributed by atoms with Gasteiger partial charge in [0.25, 0.3) is 0 Å². The summed E-state index contributed by atoms with van der Waals surface area (Å²) in [6, 6.07) is 14.0. The average molecular weight is 321 g/mol. The van der Waals surface area contributed by atoms with E-state index in [1.54, 1.807) is 10.7 Å². The van der Waals surface area contributed by atoms with E-state index >= 15 is 0 Å². The first-order valence-corrected chi connectivity index (χ1v) is 7.51. The molecular formula is C14H10ClFN4S. The van der Waals surface area contributed by atoms with Crippen LogP contribution in [0.2, 0.25) is 5.02 Å². The molecule has 0 unspecified atom stereocenters. The van der Waals surface area contributed by atoms with Gasteiger partial charge in [-0.1, -0.05) is 47.6 Å². The fourth-order valence-electron chi connectivity index (χ4n) is 1.78. The van der Waals surface area contributed by atoms with Crippen LogP contribution < -0.4 is 0 Å². The van der Waals surface area contributed by atoms with Crippen LogP contribution in [-0.4, -0.2) is 20.2 Å². The second-order valence-corrected chi connectivity index (χ2v) is 5.58. The van der Waals surface area contributed by atoms with Crippen LogP contribution in [0.4, 0.5) is 4.39 Å². The molecule has 106 valence electrons. The first kappa shape index (κ1) is 14.0. The minimum Gasteiger partial charge on any atom is -0.207 e. The minimum absolute atomic E-state index is 0.345. The molecule has 2 aromatic carbocycles. The van der Waals surface area contributed by atoms with Crippen LogP contribution in [0.1, 0.15) is 5.56 Å². The molecule has 21 heavy (non-hydrogen) atoms. The number of para-hydroxylation sites is 1. The third kappa shape index (κ3) is 3.22. The summed E-state index contributed by atoms with van der Waals surface area (Å²) in [4.78, 5) is 0. The maximum absolute atomic E-state index is 13.0. The Labute approximate surface area is 129 Å². The molecule has 0 bridgehead atoms. The second-order valence-electron chi connectivity index (χ2n) is 4.23. The molecule has 0 fully saturated rings. The number of thioether (sulfide) groups is 1. The standard InChI is InChI=1S/C14H10ClFN4S/c15-13-8-11(16)7-6-10(13)9-21-14-17-18-19-20(14)12-4-2-1-3-5-12/h1-8H,9H2. The number of rotatable bonds is 4. The zero-order valence-electron chi connectivity index (χ0n) is 10.8. The van der Waals surface area contributed by atoms with Crippen LogP contribution in [0, 0.1) is 5.82 Å². The Morgan fingerprint density at radius 1 is 1.14 bits per heavy atom. The summed E-state index contributed by atoms with van der Waals surface area (Å²) in [5.74, 6) is 0.217. The van der Waals surface area contributed by atoms with Crippen molar-refractivity contribution in [3.05, 3.63) is 64.9 Å². The summed E-state index contributed by atoms with van der Waals surface area (Å²) in [6.45, 7) is 0. The normalized spacial score (nSPS) is 10.8. The average Bonchev–Trinajstić information content (AvgIpc) is 2.96. The van der Waals surface area contributed by atoms with Gasteiger partial charge in [-0.05, 0) is 40.3 Å². The number of benzene rings is 2. The van der Waals surface area contributed by atoms with Crippen molar-refractivity contribution in [3.8, 4) is 5.69 Å². The Balaban J connectivity index is 1.79. The van der Waals surface area contributed by atoms with Gasteiger partial charge in [-0.2, -0.15) is 4.68 Å². The zero-order chi connectivity index (χ0) is 14.7. The highest BCUT2D eigenvalue weighted by Gasteiger charge is 2.10. The summed E-state index contributed by atoms with van der Waals surface area (Å²) in [5, 5.41) is 12.7. The zero-order valence-corrected chi connectivity index (χ0v) is 12.4. The molecule has 3 rings (SSSR count). The molecule has 4 nitrogen and oxygen atoms in total. The summed E-state index contributed by atoms with van der Waals surface area (Å²) in [7, 11) is 0. The largest absolute Gasteiger partial charge is 0.214 e. The molecule has 3 aromatic rings. The van der Waals surface area contributed by atoms with Gasteiger partial charge in [0.1, 0.15) is 5.82 Å². The highest BCUT2D eigenvalue weighted by Crippen LogP contribution is 2.26. The molecule has 1 heterocycles. The molecule has 0 saturated carbocycles. The Bertz CT molecular complexity index is 748. The lowest BCUT2D eigenvalue weighted by molar-refractivity contribution is 0.627. The van der Waals surface area contributed by atoms with Gasteiger partial charge in [0.15, 0.2) is 0 Å². The van der Waals surface area contributed by atoms with Gasteiger partial charge in [-0.3, -0.25) is 0 Å². The molecule has 0 spiro atoms. The van der Waals surface area contributed by atoms with E-state index in [-0.39, 0.29) is 5.82 Å². The van der Waals surface area contributed by atoms with Gasteiger partial charge >= 0.3 is 0 Å². The summed E-state index contributed by atoms with van der Waals surface area (Å²) < 4.78 is 14.7. The van der Waals surface area contributed by atoms with Crippen molar-refractivity contribution < 1.29 is 4.39 Å². The van der Waals surface area contributed by atoms with Crippen molar-refractivity contribution in [3.63, 3.8) is 0 Å². The van der Waals surface area contributed by atoms with E-state index in [1.807, 2.05) is 30.3 Å². The second kappa shape index (κ2) is 6.24. The van der Waals surface area contributed by atoms with E-state index in [2.05, 4.69) is 15.5 Å². The van der Waals surface area contributed by atoms with Gasteiger partial charge in [-0.15, -0.1) is 5.10 Å². The highest BCUT2D eigenvalue weighted by atomic mass is 35.5. The van der Waals surface area contributed by atoms with Gasteiger partial charge in [0.05, 0.1) is 5.69 Å². The maximum Gasteiger partial charge on any atom is 0.214 e. The molecule has 0 N–H and O–H groups in total. The maximum atomic E-state index is 13.0. The van der Waals surface area contributed by atoms with Crippen LogP contribution >= 0.6 is 23.4 Å². The Kier molecular flexibility index (Phi) is 4.17. The fraction of sp³-hybridized carbons (Fsp3) is 0.0714. The lowest BCUT2D eigenvalue weighted by Gasteiger charge is -2.05. The van der Waals surface area contributed by atoms with E-state index in [0.29, 0.717) is 15.9 Å². The summed E-state index contributed by atoms with van der Waals surface area (Å²) >= 11 is 7.46. The quantitative estimate of drug-likeness (QED) is 0.687. The van der Waals surface area contributed by atoms with Crippen LogP contribution in [0.5, 0.6) is 0 Å². The van der Waals surface area contributed by atoms with Crippen molar-refractivity contribution in [1.82, 2.24) is 20.2 Å². The topological polar surface area (TPSA) is 43.6 Å². The molecule has 0 radical (unpaired) electrons. The van der Waals surface area contributed by atoms with E-state index < -0.39 is 0 Å². The first-order chi connectivity index (χ1) is 10.2. The number of tetrazole rings is 1. The molecular weight excluding hydrogens is 311 g/mol. The van der Waals surface area contributed by atoms with Crippen molar-refractivity contribution in [2.75, 3.05) is 0 Å². The lowest BCUT2D eigenvalue weighted by atomic mass is 10.2.